The number of amides is 1. The molecule has 0 radical (unpaired) electrons. The van der Waals surface area contributed by atoms with Crippen LogP contribution in [0.4, 0.5) is 5.82 Å². The Hall–Kier alpha value is -2.63. The van der Waals surface area contributed by atoms with Gasteiger partial charge in [0.25, 0.3) is 0 Å². The molecule has 0 atom stereocenters. The second-order valence-electron chi connectivity index (χ2n) is 7.45. The van der Waals surface area contributed by atoms with E-state index in [1.165, 1.54) is 5.56 Å². The van der Waals surface area contributed by atoms with Crippen molar-refractivity contribution in [3.05, 3.63) is 42.2 Å². The molecule has 0 unspecified atom stereocenters. The molecular formula is C20H28N4O2. The van der Waals surface area contributed by atoms with E-state index in [0.717, 1.165) is 5.75 Å². The van der Waals surface area contributed by atoms with Crippen molar-refractivity contribution in [1.82, 2.24) is 14.9 Å². The maximum Gasteiger partial charge on any atom is 0.239 e. The summed E-state index contributed by atoms with van der Waals surface area (Å²) in [6.07, 6.45) is 3.28. The zero-order valence-electron chi connectivity index (χ0n) is 16.5. The molecule has 26 heavy (non-hydrogen) atoms. The van der Waals surface area contributed by atoms with Crippen molar-refractivity contribution < 1.29 is 9.53 Å². The average molecular weight is 356 g/mol. The molecule has 0 spiro atoms. The fourth-order valence-corrected chi connectivity index (χ4v) is 2.29. The number of anilines is 1. The van der Waals surface area contributed by atoms with E-state index in [9.17, 15) is 4.79 Å². The molecule has 1 aromatic carbocycles. The lowest BCUT2D eigenvalue weighted by Crippen LogP contribution is -2.33. The van der Waals surface area contributed by atoms with Gasteiger partial charge in [-0.15, -0.1) is 0 Å². The Labute approximate surface area is 155 Å². The maximum absolute atomic E-state index is 11.3. The molecule has 2 aromatic rings. The monoisotopic (exact) mass is 356 g/mol. The van der Waals surface area contributed by atoms with Gasteiger partial charge in [0.15, 0.2) is 5.82 Å². The van der Waals surface area contributed by atoms with Crippen molar-refractivity contribution in [2.75, 3.05) is 32.1 Å². The van der Waals surface area contributed by atoms with Crippen molar-refractivity contribution in [3.63, 3.8) is 0 Å². The summed E-state index contributed by atoms with van der Waals surface area (Å²) in [4.78, 5) is 23.6. The second kappa shape index (κ2) is 8.17. The topological polar surface area (TPSA) is 58.6 Å². The number of hydrogen-bond donors (Lipinski definition) is 0. The van der Waals surface area contributed by atoms with Gasteiger partial charge in [0.1, 0.15) is 5.75 Å². The van der Waals surface area contributed by atoms with Gasteiger partial charge in [-0.2, -0.15) is 4.98 Å². The molecule has 0 aliphatic carbocycles. The minimum Gasteiger partial charge on any atom is -0.437 e. The highest BCUT2D eigenvalue weighted by atomic mass is 16.5. The van der Waals surface area contributed by atoms with Crippen LogP contribution >= 0.6 is 0 Å². The maximum atomic E-state index is 11.3. The predicted molar refractivity (Wildman–Crippen MR) is 104 cm³/mol. The number of hydrogen-bond acceptors (Lipinski definition) is 5. The molecule has 0 fully saturated rings. The Morgan fingerprint density at radius 1 is 1.08 bits per heavy atom. The van der Waals surface area contributed by atoms with Crippen LogP contribution in [0, 0.1) is 0 Å². The molecular weight excluding hydrogens is 328 g/mol. The van der Waals surface area contributed by atoms with Crippen LogP contribution in [0.25, 0.3) is 0 Å². The fraction of sp³-hybridized carbons (Fsp3) is 0.450. The first kappa shape index (κ1) is 19.7. The minimum atomic E-state index is 0.0419. The van der Waals surface area contributed by atoms with Gasteiger partial charge in [-0.1, -0.05) is 32.9 Å². The lowest BCUT2D eigenvalue weighted by Gasteiger charge is -2.22. The highest BCUT2D eigenvalue weighted by molar-refractivity contribution is 5.72. The molecule has 6 heteroatoms. The van der Waals surface area contributed by atoms with E-state index in [1.807, 2.05) is 24.1 Å². The molecule has 6 nitrogen and oxygen atoms in total. The van der Waals surface area contributed by atoms with E-state index in [1.54, 1.807) is 31.3 Å². The number of carbonyl (C=O) groups is 1. The van der Waals surface area contributed by atoms with E-state index < -0.39 is 0 Å². The number of nitrogens with zero attached hydrogens (tertiary/aromatic N) is 4. The number of ether oxygens (including phenoxy) is 1. The molecule has 1 heterocycles. The van der Waals surface area contributed by atoms with Crippen LogP contribution in [-0.2, 0) is 10.2 Å². The predicted octanol–water partition coefficient (Wildman–Crippen LogP) is 3.48. The molecule has 0 aliphatic rings. The molecule has 1 amide bonds. The van der Waals surface area contributed by atoms with Gasteiger partial charge < -0.3 is 14.5 Å². The summed E-state index contributed by atoms with van der Waals surface area (Å²) >= 11 is 0. The second-order valence-corrected chi connectivity index (χ2v) is 7.45. The minimum absolute atomic E-state index is 0.0419. The molecule has 0 aliphatic heterocycles. The third-order valence-electron chi connectivity index (χ3n) is 4.24. The van der Waals surface area contributed by atoms with Crippen LogP contribution in [-0.4, -0.2) is 48.0 Å². The Bertz CT molecular complexity index is 738. The van der Waals surface area contributed by atoms with E-state index in [4.69, 9.17) is 4.74 Å². The first-order valence-electron chi connectivity index (χ1n) is 8.70. The Morgan fingerprint density at radius 2 is 1.73 bits per heavy atom. The van der Waals surface area contributed by atoms with Gasteiger partial charge in [0.2, 0.25) is 11.8 Å². The standard InChI is InChI=1S/C20H28N4O2/c1-15(25)23(5)11-12-24(6)18-13-21-14-19(22-18)26-17-9-7-16(8-10-17)20(2,3)4/h7-10,13-14H,11-12H2,1-6H3. The molecule has 2 rings (SSSR count). The fourth-order valence-electron chi connectivity index (χ4n) is 2.29. The van der Waals surface area contributed by atoms with Crippen molar-refractivity contribution in [2.45, 2.75) is 33.1 Å². The van der Waals surface area contributed by atoms with E-state index >= 15 is 0 Å². The molecule has 0 saturated heterocycles. The van der Waals surface area contributed by atoms with Gasteiger partial charge in [-0.05, 0) is 23.1 Å². The molecule has 0 bridgehead atoms. The van der Waals surface area contributed by atoms with Crippen LogP contribution < -0.4 is 9.64 Å². The highest BCUT2D eigenvalue weighted by Gasteiger charge is 2.13. The van der Waals surface area contributed by atoms with Crippen LogP contribution in [0.2, 0.25) is 0 Å². The van der Waals surface area contributed by atoms with E-state index in [2.05, 4.69) is 42.9 Å². The van der Waals surface area contributed by atoms with Crippen molar-refractivity contribution in [3.8, 4) is 11.6 Å². The van der Waals surface area contributed by atoms with Crippen LogP contribution in [0.3, 0.4) is 0 Å². The summed E-state index contributed by atoms with van der Waals surface area (Å²) in [5.74, 6) is 1.91. The largest absolute Gasteiger partial charge is 0.437 e. The number of aromatic nitrogens is 2. The van der Waals surface area contributed by atoms with Crippen molar-refractivity contribution in [1.29, 1.82) is 0 Å². The summed E-state index contributed by atoms with van der Waals surface area (Å²) in [5.41, 5.74) is 1.35. The van der Waals surface area contributed by atoms with Crippen molar-refractivity contribution >= 4 is 11.7 Å². The lowest BCUT2D eigenvalue weighted by molar-refractivity contribution is -0.127. The first-order valence-corrected chi connectivity index (χ1v) is 8.70. The van der Waals surface area contributed by atoms with Gasteiger partial charge >= 0.3 is 0 Å². The van der Waals surface area contributed by atoms with Crippen LogP contribution in [0.1, 0.15) is 33.3 Å². The van der Waals surface area contributed by atoms with Crippen LogP contribution in [0.15, 0.2) is 36.7 Å². The van der Waals surface area contributed by atoms with Gasteiger partial charge in [0, 0.05) is 34.1 Å². The molecule has 1 aromatic heterocycles. The van der Waals surface area contributed by atoms with Gasteiger partial charge in [-0.25, -0.2) is 0 Å². The quantitative estimate of drug-likeness (QED) is 0.793. The number of carbonyl (C=O) groups excluding carboxylic acids is 1. The summed E-state index contributed by atoms with van der Waals surface area (Å²) < 4.78 is 5.84. The smallest absolute Gasteiger partial charge is 0.239 e. The number of rotatable bonds is 6. The summed E-state index contributed by atoms with van der Waals surface area (Å²) in [5, 5.41) is 0. The Balaban J connectivity index is 2.03. The average Bonchev–Trinajstić information content (AvgIpc) is 2.59. The van der Waals surface area contributed by atoms with Gasteiger partial charge in [-0.3, -0.25) is 9.78 Å². The third-order valence-corrected chi connectivity index (χ3v) is 4.24. The van der Waals surface area contributed by atoms with Gasteiger partial charge in [0.05, 0.1) is 12.4 Å². The zero-order chi connectivity index (χ0) is 19.3. The summed E-state index contributed by atoms with van der Waals surface area (Å²) in [6.45, 7) is 9.37. The SMILES string of the molecule is CC(=O)N(C)CCN(C)c1cncc(Oc2ccc(C(C)(C)C)cc2)n1. The summed E-state index contributed by atoms with van der Waals surface area (Å²) in [6, 6.07) is 8.02. The zero-order valence-corrected chi connectivity index (χ0v) is 16.5. The van der Waals surface area contributed by atoms with Crippen molar-refractivity contribution in [2.24, 2.45) is 0 Å². The first-order chi connectivity index (χ1) is 12.2. The summed E-state index contributed by atoms with van der Waals surface area (Å²) in [7, 11) is 3.70. The Morgan fingerprint density at radius 3 is 2.31 bits per heavy atom. The normalized spacial score (nSPS) is 11.2. The third kappa shape index (κ3) is 5.44. The highest BCUT2D eigenvalue weighted by Crippen LogP contribution is 2.26. The Kier molecular flexibility index (Phi) is 6.18. The molecule has 0 saturated carbocycles. The lowest BCUT2D eigenvalue weighted by atomic mass is 9.87. The molecule has 140 valence electrons. The van der Waals surface area contributed by atoms with Crippen LogP contribution in [0.5, 0.6) is 11.6 Å². The van der Waals surface area contributed by atoms with E-state index in [-0.39, 0.29) is 11.3 Å². The number of likely N-dealkylation sites (N-methyl/N-ethyl adjacent to an activating group) is 2. The molecule has 0 N–H and O–H groups in total. The van der Waals surface area contributed by atoms with E-state index in [0.29, 0.717) is 24.8 Å². The number of benzene rings is 1.